The molecule has 0 aromatic carbocycles. The Labute approximate surface area is 115 Å². The van der Waals surface area contributed by atoms with E-state index in [1.54, 1.807) is 6.20 Å². The average Bonchev–Trinajstić information content (AvgIpc) is 3.21. The molecule has 106 valence electrons. The highest BCUT2D eigenvalue weighted by molar-refractivity contribution is 7.89. The Morgan fingerprint density at radius 2 is 2.21 bits per heavy atom. The fourth-order valence-corrected chi connectivity index (χ4v) is 3.24. The first kappa shape index (κ1) is 14.4. The van der Waals surface area contributed by atoms with Gasteiger partial charge < -0.3 is 5.32 Å². The lowest BCUT2D eigenvalue weighted by molar-refractivity contribution is 0.418. The van der Waals surface area contributed by atoms with Crippen LogP contribution in [0.25, 0.3) is 0 Å². The van der Waals surface area contributed by atoms with Gasteiger partial charge in [-0.15, -0.1) is 0 Å². The summed E-state index contributed by atoms with van der Waals surface area (Å²) in [6, 6.07) is 6.09. The number of rotatable bonds is 8. The largest absolute Gasteiger partial charge is 0.313 e. The summed E-state index contributed by atoms with van der Waals surface area (Å²) in [5.74, 6) is 0.157. The second kappa shape index (κ2) is 6.45. The summed E-state index contributed by atoms with van der Waals surface area (Å²) in [7, 11) is -3.21. The molecule has 0 unspecified atom stereocenters. The van der Waals surface area contributed by atoms with Gasteiger partial charge >= 0.3 is 0 Å². The molecule has 6 heteroatoms. The minimum atomic E-state index is -3.21. The van der Waals surface area contributed by atoms with E-state index in [0.29, 0.717) is 25.7 Å². The molecule has 0 atom stereocenters. The van der Waals surface area contributed by atoms with Crippen molar-refractivity contribution in [3.63, 3.8) is 0 Å². The van der Waals surface area contributed by atoms with Crippen LogP contribution in [0.5, 0.6) is 0 Å². The summed E-state index contributed by atoms with van der Waals surface area (Å²) in [6.07, 6.45) is 4.03. The van der Waals surface area contributed by atoms with Crippen molar-refractivity contribution in [2.75, 3.05) is 18.8 Å². The zero-order chi connectivity index (χ0) is 13.7. The summed E-state index contributed by atoms with van der Waals surface area (Å²) >= 11 is 0. The molecule has 1 aliphatic rings. The first-order chi connectivity index (χ1) is 9.12. The van der Waals surface area contributed by atoms with E-state index in [9.17, 15) is 8.42 Å². The van der Waals surface area contributed by atoms with E-state index in [4.69, 9.17) is 0 Å². The van der Waals surface area contributed by atoms with Gasteiger partial charge in [0, 0.05) is 25.3 Å². The Morgan fingerprint density at radius 1 is 1.42 bits per heavy atom. The second-order valence-corrected chi connectivity index (χ2v) is 6.88. The maximum atomic E-state index is 12.2. The molecule has 1 aromatic heterocycles. The Kier molecular flexibility index (Phi) is 4.90. The van der Waals surface area contributed by atoms with Gasteiger partial charge in [0.05, 0.1) is 18.0 Å². The van der Waals surface area contributed by atoms with Crippen LogP contribution < -0.4 is 5.32 Å². The van der Waals surface area contributed by atoms with Crippen molar-refractivity contribution in [1.29, 1.82) is 0 Å². The van der Waals surface area contributed by atoms with Gasteiger partial charge in [0.2, 0.25) is 10.0 Å². The van der Waals surface area contributed by atoms with E-state index in [2.05, 4.69) is 10.3 Å². The molecule has 0 amide bonds. The number of nitrogens with zero attached hydrogens (tertiary/aromatic N) is 2. The highest BCUT2D eigenvalue weighted by Gasteiger charge is 2.24. The van der Waals surface area contributed by atoms with E-state index in [-0.39, 0.29) is 5.75 Å². The molecule has 0 spiro atoms. The van der Waals surface area contributed by atoms with Crippen LogP contribution in [0.4, 0.5) is 0 Å². The Balaban J connectivity index is 1.90. The standard InChI is InChI=1S/C13H21N3O2S/c1-2-16(11-13-5-3-4-8-14-13)19(17,18)10-9-15-12-6-7-12/h3-5,8,12,15H,2,6-7,9-11H2,1H3. The van der Waals surface area contributed by atoms with E-state index >= 15 is 0 Å². The summed E-state index contributed by atoms with van der Waals surface area (Å²) in [5, 5.41) is 3.23. The first-order valence-electron chi connectivity index (χ1n) is 6.73. The normalized spacial score (nSPS) is 15.9. The fourth-order valence-electron chi connectivity index (χ4n) is 1.89. The van der Waals surface area contributed by atoms with Crippen molar-refractivity contribution in [2.45, 2.75) is 32.4 Å². The molecule has 0 bridgehead atoms. The van der Waals surface area contributed by atoms with Gasteiger partial charge in [-0.25, -0.2) is 8.42 Å². The van der Waals surface area contributed by atoms with Crippen molar-refractivity contribution in [2.24, 2.45) is 0 Å². The van der Waals surface area contributed by atoms with E-state index in [1.165, 1.54) is 17.1 Å². The maximum absolute atomic E-state index is 12.2. The third kappa shape index (κ3) is 4.56. The van der Waals surface area contributed by atoms with Crippen molar-refractivity contribution in [3.05, 3.63) is 30.1 Å². The second-order valence-electron chi connectivity index (χ2n) is 4.79. The summed E-state index contributed by atoms with van der Waals surface area (Å²) in [6.45, 7) is 3.21. The maximum Gasteiger partial charge on any atom is 0.215 e. The molecule has 0 radical (unpaired) electrons. The van der Waals surface area contributed by atoms with Gasteiger partial charge in [-0.2, -0.15) is 4.31 Å². The Hall–Kier alpha value is -0.980. The minimum absolute atomic E-state index is 0.157. The highest BCUT2D eigenvalue weighted by Crippen LogP contribution is 2.18. The third-order valence-corrected chi connectivity index (χ3v) is 5.08. The smallest absolute Gasteiger partial charge is 0.215 e. The number of hydrogen-bond donors (Lipinski definition) is 1. The molecule has 1 saturated carbocycles. The van der Waals surface area contributed by atoms with E-state index in [1.807, 2.05) is 25.1 Å². The van der Waals surface area contributed by atoms with Gasteiger partial charge in [0.15, 0.2) is 0 Å². The molecule has 1 N–H and O–H groups in total. The zero-order valence-electron chi connectivity index (χ0n) is 11.2. The van der Waals surface area contributed by atoms with Crippen LogP contribution in [-0.4, -0.2) is 42.6 Å². The monoisotopic (exact) mass is 283 g/mol. The van der Waals surface area contributed by atoms with Crippen LogP contribution in [0.3, 0.4) is 0 Å². The predicted molar refractivity (Wildman–Crippen MR) is 75.1 cm³/mol. The van der Waals surface area contributed by atoms with Gasteiger partial charge in [0.25, 0.3) is 0 Å². The highest BCUT2D eigenvalue weighted by atomic mass is 32.2. The molecule has 1 fully saturated rings. The lowest BCUT2D eigenvalue weighted by Gasteiger charge is -2.20. The van der Waals surface area contributed by atoms with Crippen LogP contribution in [-0.2, 0) is 16.6 Å². The van der Waals surface area contributed by atoms with E-state index < -0.39 is 10.0 Å². The quantitative estimate of drug-likeness (QED) is 0.773. The average molecular weight is 283 g/mol. The zero-order valence-corrected chi connectivity index (χ0v) is 12.1. The molecular formula is C13H21N3O2S. The van der Waals surface area contributed by atoms with Gasteiger partial charge in [-0.05, 0) is 25.0 Å². The van der Waals surface area contributed by atoms with Gasteiger partial charge in [0.1, 0.15) is 0 Å². The summed E-state index contributed by atoms with van der Waals surface area (Å²) < 4.78 is 25.9. The first-order valence-corrected chi connectivity index (χ1v) is 8.34. The molecule has 1 aliphatic carbocycles. The molecule has 19 heavy (non-hydrogen) atoms. The van der Waals surface area contributed by atoms with Crippen molar-refractivity contribution in [1.82, 2.24) is 14.6 Å². The number of hydrogen-bond acceptors (Lipinski definition) is 4. The summed E-state index contributed by atoms with van der Waals surface area (Å²) in [4.78, 5) is 4.18. The molecule has 0 aliphatic heterocycles. The number of sulfonamides is 1. The van der Waals surface area contributed by atoms with Crippen molar-refractivity contribution >= 4 is 10.0 Å². The van der Waals surface area contributed by atoms with Crippen LogP contribution in [0.15, 0.2) is 24.4 Å². The molecule has 2 rings (SSSR count). The number of nitrogens with one attached hydrogen (secondary N) is 1. The predicted octanol–water partition coefficient (Wildman–Crippen LogP) is 0.985. The van der Waals surface area contributed by atoms with Crippen LogP contribution in [0.1, 0.15) is 25.5 Å². The summed E-state index contributed by atoms with van der Waals surface area (Å²) in [5.41, 5.74) is 0.781. The molecule has 5 nitrogen and oxygen atoms in total. The van der Waals surface area contributed by atoms with Crippen LogP contribution >= 0.6 is 0 Å². The molecular weight excluding hydrogens is 262 g/mol. The topological polar surface area (TPSA) is 62.3 Å². The Morgan fingerprint density at radius 3 is 2.79 bits per heavy atom. The lowest BCUT2D eigenvalue weighted by Crippen LogP contribution is -2.36. The third-order valence-electron chi connectivity index (χ3n) is 3.18. The van der Waals surface area contributed by atoms with Crippen LogP contribution in [0, 0.1) is 0 Å². The SMILES string of the molecule is CCN(Cc1ccccn1)S(=O)(=O)CCNC1CC1. The van der Waals surface area contributed by atoms with Crippen LogP contribution in [0.2, 0.25) is 0 Å². The van der Waals surface area contributed by atoms with E-state index in [0.717, 1.165) is 5.69 Å². The fraction of sp³-hybridized carbons (Fsp3) is 0.615. The van der Waals surface area contributed by atoms with Gasteiger partial charge in [-0.1, -0.05) is 13.0 Å². The van der Waals surface area contributed by atoms with Crippen molar-refractivity contribution in [3.8, 4) is 0 Å². The molecule has 1 aromatic rings. The number of aromatic nitrogens is 1. The Bertz CT molecular complexity index is 486. The number of pyridine rings is 1. The molecule has 0 saturated heterocycles. The lowest BCUT2D eigenvalue weighted by atomic mass is 10.3. The van der Waals surface area contributed by atoms with Gasteiger partial charge in [-0.3, -0.25) is 4.98 Å². The molecule has 1 heterocycles. The van der Waals surface area contributed by atoms with Crippen molar-refractivity contribution < 1.29 is 8.42 Å². The minimum Gasteiger partial charge on any atom is -0.313 e.